The number of aliphatic hydroxyl groups is 1. The van der Waals surface area contributed by atoms with Crippen molar-refractivity contribution in [2.24, 2.45) is 0 Å². The van der Waals surface area contributed by atoms with Gasteiger partial charge in [0.2, 0.25) is 0 Å². The van der Waals surface area contributed by atoms with Crippen LogP contribution >= 0.6 is 0 Å². The zero-order valence-electron chi connectivity index (χ0n) is 12.6. The minimum Gasteiger partial charge on any atom is -0.385 e. The number of rotatable bonds is 7. The van der Waals surface area contributed by atoms with E-state index in [0.717, 1.165) is 13.0 Å². The smallest absolute Gasteiger partial charge is 0.126 e. The van der Waals surface area contributed by atoms with Gasteiger partial charge >= 0.3 is 0 Å². The van der Waals surface area contributed by atoms with Crippen LogP contribution in [0.4, 0.5) is 0 Å². The van der Waals surface area contributed by atoms with E-state index >= 15 is 0 Å². The summed E-state index contributed by atoms with van der Waals surface area (Å²) in [6, 6.07) is 10.3. The maximum atomic E-state index is 10.1. The van der Waals surface area contributed by atoms with Crippen molar-refractivity contribution < 1.29 is 14.7 Å². The molecule has 0 aromatic heterocycles. The molecule has 1 aromatic rings. The lowest BCUT2D eigenvalue weighted by Crippen LogP contribution is -3.14. The summed E-state index contributed by atoms with van der Waals surface area (Å²) in [5.74, 6) is 0. The van der Waals surface area contributed by atoms with Gasteiger partial charge in [-0.2, -0.15) is 0 Å². The first kappa shape index (κ1) is 15.5. The molecule has 1 aromatic carbocycles. The fourth-order valence-electron chi connectivity index (χ4n) is 2.99. The van der Waals surface area contributed by atoms with Crippen molar-refractivity contribution in [3.05, 3.63) is 35.9 Å². The zero-order chi connectivity index (χ0) is 14.2. The van der Waals surface area contributed by atoms with Gasteiger partial charge in [0.25, 0.3) is 0 Å². The Kier molecular flexibility index (Phi) is 6.51. The number of hydrogen-bond acceptors (Lipinski definition) is 2. The fraction of sp³-hybridized carbons (Fsp3) is 0.647. The third-order valence-electron chi connectivity index (χ3n) is 4.12. The van der Waals surface area contributed by atoms with Crippen LogP contribution in [-0.2, 0) is 4.74 Å². The molecule has 0 spiro atoms. The SMILES string of the molecule is CC[C@@H](OC[C@@H](O)C[NH+]1CCCCC1)c1ccccc1. The second kappa shape index (κ2) is 8.40. The summed E-state index contributed by atoms with van der Waals surface area (Å²) in [6.07, 6.45) is 4.63. The molecule has 1 heterocycles. The number of ether oxygens (including phenoxy) is 1. The van der Waals surface area contributed by atoms with Crippen LogP contribution in [0.15, 0.2) is 30.3 Å². The number of likely N-dealkylation sites (tertiary alicyclic amines) is 1. The molecule has 0 bridgehead atoms. The second-order valence-corrected chi connectivity index (χ2v) is 5.81. The number of nitrogens with one attached hydrogen (secondary N) is 1. The summed E-state index contributed by atoms with van der Waals surface area (Å²) in [5.41, 5.74) is 1.20. The number of quaternary nitrogens is 1. The van der Waals surface area contributed by atoms with Gasteiger partial charge in [0, 0.05) is 0 Å². The van der Waals surface area contributed by atoms with Crippen LogP contribution in [0.5, 0.6) is 0 Å². The predicted octanol–water partition coefficient (Wildman–Crippen LogP) is 1.58. The monoisotopic (exact) mass is 278 g/mol. The topological polar surface area (TPSA) is 33.9 Å². The first-order valence-corrected chi connectivity index (χ1v) is 7.97. The molecule has 0 unspecified atom stereocenters. The van der Waals surface area contributed by atoms with Crippen molar-refractivity contribution >= 4 is 0 Å². The summed E-state index contributed by atoms with van der Waals surface area (Å²) in [6.45, 7) is 5.79. The molecule has 112 valence electrons. The van der Waals surface area contributed by atoms with Gasteiger partial charge in [-0.3, -0.25) is 0 Å². The van der Waals surface area contributed by atoms with Crippen molar-refractivity contribution in [3.63, 3.8) is 0 Å². The van der Waals surface area contributed by atoms with Crippen molar-refractivity contribution in [3.8, 4) is 0 Å². The van der Waals surface area contributed by atoms with Crippen molar-refractivity contribution in [2.75, 3.05) is 26.2 Å². The molecule has 0 radical (unpaired) electrons. The maximum absolute atomic E-state index is 10.1. The second-order valence-electron chi connectivity index (χ2n) is 5.81. The normalized spacial score (nSPS) is 19.7. The highest BCUT2D eigenvalue weighted by atomic mass is 16.5. The maximum Gasteiger partial charge on any atom is 0.126 e. The Balaban J connectivity index is 1.75. The molecule has 3 heteroatoms. The first-order chi connectivity index (χ1) is 9.79. The molecule has 20 heavy (non-hydrogen) atoms. The molecule has 1 fully saturated rings. The fourth-order valence-corrected chi connectivity index (χ4v) is 2.99. The lowest BCUT2D eigenvalue weighted by atomic mass is 10.1. The highest BCUT2D eigenvalue weighted by Crippen LogP contribution is 2.20. The molecule has 0 aliphatic carbocycles. The van der Waals surface area contributed by atoms with Gasteiger partial charge in [-0.05, 0) is 31.2 Å². The Morgan fingerprint density at radius 1 is 1.15 bits per heavy atom. The minimum atomic E-state index is -0.346. The van der Waals surface area contributed by atoms with E-state index in [9.17, 15) is 5.11 Å². The quantitative estimate of drug-likeness (QED) is 0.794. The number of hydrogen-bond donors (Lipinski definition) is 2. The Morgan fingerprint density at radius 2 is 1.85 bits per heavy atom. The number of piperidine rings is 1. The minimum absolute atomic E-state index is 0.0993. The van der Waals surface area contributed by atoms with Crippen LogP contribution in [0.3, 0.4) is 0 Å². The Hall–Kier alpha value is -0.900. The molecule has 1 aliphatic rings. The van der Waals surface area contributed by atoms with Gasteiger partial charge in [-0.25, -0.2) is 0 Å². The van der Waals surface area contributed by atoms with Crippen molar-refractivity contribution in [1.29, 1.82) is 0 Å². The summed E-state index contributed by atoms with van der Waals surface area (Å²) >= 11 is 0. The average molecular weight is 278 g/mol. The molecule has 1 aliphatic heterocycles. The average Bonchev–Trinajstić information content (AvgIpc) is 2.50. The Labute approximate surface area is 122 Å². The van der Waals surface area contributed by atoms with E-state index in [4.69, 9.17) is 4.74 Å². The molecule has 1 saturated heterocycles. The van der Waals surface area contributed by atoms with Crippen molar-refractivity contribution in [1.82, 2.24) is 0 Å². The van der Waals surface area contributed by atoms with E-state index in [2.05, 4.69) is 19.1 Å². The van der Waals surface area contributed by atoms with E-state index < -0.39 is 0 Å². The van der Waals surface area contributed by atoms with Gasteiger partial charge in [0.15, 0.2) is 0 Å². The molecule has 2 N–H and O–H groups in total. The highest BCUT2D eigenvalue weighted by molar-refractivity contribution is 5.17. The number of benzene rings is 1. The summed E-state index contributed by atoms with van der Waals surface area (Å²) in [4.78, 5) is 1.53. The number of aliphatic hydroxyl groups excluding tert-OH is 1. The van der Waals surface area contributed by atoms with Crippen molar-refractivity contribution in [2.45, 2.75) is 44.8 Å². The first-order valence-electron chi connectivity index (χ1n) is 7.97. The zero-order valence-corrected chi connectivity index (χ0v) is 12.6. The lowest BCUT2D eigenvalue weighted by molar-refractivity contribution is -0.908. The van der Waals surface area contributed by atoms with Gasteiger partial charge in [-0.1, -0.05) is 37.3 Å². The molecular formula is C17H28NO2+. The molecule has 2 rings (SSSR count). The molecule has 0 amide bonds. The lowest BCUT2D eigenvalue weighted by Gasteiger charge is -2.26. The van der Waals surface area contributed by atoms with Crippen LogP contribution in [0.25, 0.3) is 0 Å². The van der Waals surface area contributed by atoms with Crippen LogP contribution in [0.1, 0.15) is 44.3 Å². The summed E-state index contributed by atoms with van der Waals surface area (Å²) in [5, 5.41) is 10.1. The summed E-state index contributed by atoms with van der Waals surface area (Å²) in [7, 11) is 0. The molecular weight excluding hydrogens is 250 g/mol. The summed E-state index contributed by atoms with van der Waals surface area (Å²) < 4.78 is 5.92. The predicted molar refractivity (Wildman–Crippen MR) is 80.8 cm³/mol. The van der Waals surface area contributed by atoms with Gasteiger partial charge in [0.1, 0.15) is 12.6 Å². The molecule has 2 atom stereocenters. The van der Waals surface area contributed by atoms with Crippen LogP contribution in [0, 0.1) is 0 Å². The van der Waals surface area contributed by atoms with E-state index in [1.54, 1.807) is 0 Å². The molecule has 3 nitrogen and oxygen atoms in total. The van der Waals surface area contributed by atoms with Crippen LogP contribution in [-0.4, -0.2) is 37.5 Å². The van der Waals surface area contributed by atoms with Gasteiger partial charge < -0.3 is 14.7 Å². The third kappa shape index (κ3) is 4.89. The van der Waals surface area contributed by atoms with E-state index in [1.165, 1.54) is 42.8 Å². The molecule has 0 saturated carbocycles. The standard InChI is InChI=1S/C17H27NO2/c1-2-17(15-9-5-3-6-10-15)20-14-16(19)13-18-11-7-4-8-12-18/h3,5-6,9-10,16-17,19H,2,4,7-8,11-14H2,1H3/p+1/t16-,17+/m0/s1. The highest BCUT2D eigenvalue weighted by Gasteiger charge is 2.19. The van der Waals surface area contributed by atoms with Gasteiger partial charge in [0.05, 0.1) is 25.8 Å². The largest absolute Gasteiger partial charge is 0.385 e. The Morgan fingerprint density at radius 3 is 2.50 bits per heavy atom. The third-order valence-corrected chi connectivity index (χ3v) is 4.12. The van der Waals surface area contributed by atoms with Gasteiger partial charge in [-0.15, -0.1) is 0 Å². The van der Waals surface area contributed by atoms with E-state index in [1.807, 2.05) is 18.2 Å². The Bertz CT molecular complexity index is 363. The van der Waals surface area contributed by atoms with E-state index in [0.29, 0.717) is 6.61 Å². The van der Waals surface area contributed by atoms with Crippen LogP contribution in [0.2, 0.25) is 0 Å². The van der Waals surface area contributed by atoms with E-state index in [-0.39, 0.29) is 12.2 Å². The van der Waals surface area contributed by atoms with Crippen LogP contribution < -0.4 is 4.90 Å².